The molecule has 0 bridgehead atoms. The predicted octanol–water partition coefficient (Wildman–Crippen LogP) is 1.78. The third kappa shape index (κ3) is 4.21. The first-order valence-electron chi connectivity index (χ1n) is 8.52. The fourth-order valence-electron chi connectivity index (χ4n) is 2.93. The van der Waals surface area contributed by atoms with Crippen LogP contribution in [0.2, 0.25) is 0 Å². The zero-order valence-electron chi connectivity index (χ0n) is 14.4. The molecule has 0 saturated carbocycles. The van der Waals surface area contributed by atoms with Crippen molar-refractivity contribution in [1.29, 1.82) is 0 Å². The predicted molar refractivity (Wildman–Crippen MR) is 95.1 cm³/mol. The molecule has 6 nitrogen and oxygen atoms in total. The first-order chi connectivity index (χ1) is 11.6. The third-order valence-electron chi connectivity index (χ3n) is 4.48. The highest BCUT2D eigenvalue weighted by atomic mass is 32.1. The maximum absolute atomic E-state index is 12.3. The first kappa shape index (κ1) is 17.1. The Labute approximate surface area is 146 Å². The second kappa shape index (κ2) is 7.90. The average molecular weight is 347 g/mol. The van der Waals surface area contributed by atoms with Gasteiger partial charge in [-0.15, -0.1) is 11.3 Å². The van der Waals surface area contributed by atoms with E-state index in [4.69, 9.17) is 0 Å². The molecule has 0 spiro atoms. The zero-order valence-corrected chi connectivity index (χ0v) is 15.2. The largest absolute Gasteiger partial charge is 0.345 e. The molecule has 2 aromatic heterocycles. The van der Waals surface area contributed by atoms with Crippen LogP contribution in [0, 0.1) is 6.92 Å². The molecule has 3 rings (SSSR count). The van der Waals surface area contributed by atoms with Crippen LogP contribution in [0.25, 0.3) is 0 Å². The lowest BCUT2D eigenvalue weighted by Gasteiger charge is -2.16. The maximum atomic E-state index is 12.3. The lowest BCUT2D eigenvalue weighted by Crippen LogP contribution is -2.29. The number of thiazole rings is 1. The molecule has 0 aliphatic carbocycles. The summed E-state index contributed by atoms with van der Waals surface area (Å²) in [4.78, 5) is 19.7. The number of hydrogen-bond acceptors (Lipinski definition) is 5. The molecule has 130 valence electrons. The number of carbonyl (C=O) groups excluding carboxylic acids is 1. The van der Waals surface area contributed by atoms with Crippen molar-refractivity contribution in [3.63, 3.8) is 0 Å². The molecule has 0 fully saturated rings. The molecule has 1 aliphatic rings. The van der Waals surface area contributed by atoms with Crippen molar-refractivity contribution in [3.8, 4) is 0 Å². The van der Waals surface area contributed by atoms with Crippen LogP contribution in [-0.4, -0.2) is 45.7 Å². The number of aryl methyl sites for hydroxylation is 3. The van der Waals surface area contributed by atoms with E-state index in [2.05, 4.69) is 26.1 Å². The van der Waals surface area contributed by atoms with Crippen LogP contribution < -0.4 is 5.32 Å². The Balaban J connectivity index is 1.47. The fraction of sp³-hybridized carbons (Fsp3) is 0.588. The molecule has 0 atom stereocenters. The molecule has 1 amide bonds. The molecule has 0 saturated heterocycles. The minimum Gasteiger partial charge on any atom is -0.345 e. The molecule has 7 heteroatoms. The Morgan fingerprint density at radius 2 is 2.33 bits per heavy atom. The van der Waals surface area contributed by atoms with Crippen molar-refractivity contribution in [1.82, 2.24) is 25.0 Å². The monoisotopic (exact) mass is 347 g/mol. The van der Waals surface area contributed by atoms with Gasteiger partial charge in [0.2, 0.25) is 5.91 Å². The van der Waals surface area contributed by atoms with Crippen molar-refractivity contribution >= 4 is 17.2 Å². The second-order valence-corrected chi connectivity index (χ2v) is 7.25. The number of likely N-dealkylation sites (N-methyl/N-ethyl adjacent to an activating group) is 1. The van der Waals surface area contributed by atoms with E-state index in [0.717, 1.165) is 50.4 Å². The molecule has 0 unspecified atom stereocenters. The summed E-state index contributed by atoms with van der Waals surface area (Å²) in [7, 11) is 1.88. The van der Waals surface area contributed by atoms with E-state index in [1.54, 1.807) is 11.3 Å². The average Bonchev–Trinajstić information content (AvgIpc) is 3.10. The summed E-state index contributed by atoms with van der Waals surface area (Å²) in [5, 5.41) is 8.03. The van der Waals surface area contributed by atoms with Gasteiger partial charge in [0.25, 0.3) is 0 Å². The van der Waals surface area contributed by atoms with E-state index in [1.807, 2.05) is 24.4 Å². The Morgan fingerprint density at radius 1 is 1.46 bits per heavy atom. The van der Waals surface area contributed by atoms with Crippen molar-refractivity contribution in [2.45, 2.75) is 45.7 Å². The number of fused-ring (bicyclic) bond motifs is 1. The molecule has 24 heavy (non-hydrogen) atoms. The lowest BCUT2D eigenvalue weighted by molar-refractivity contribution is -0.129. The molecule has 2 aromatic rings. The second-order valence-electron chi connectivity index (χ2n) is 6.31. The lowest BCUT2D eigenvalue weighted by atomic mass is 10.2. The highest BCUT2D eigenvalue weighted by molar-refractivity contribution is 7.09. The van der Waals surface area contributed by atoms with Crippen LogP contribution in [0.4, 0.5) is 0 Å². The van der Waals surface area contributed by atoms with Gasteiger partial charge in [-0.3, -0.25) is 9.48 Å². The van der Waals surface area contributed by atoms with E-state index in [-0.39, 0.29) is 5.91 Å². The van der Waals surface area contributed by atoms with E-state index < -0.39 is 0 Å². The van der Waals surface area contributed by atoms with Crippen LogP contribution in [0.5, 0.6) is 0 Å². The van der Waals surface area contributed by atoms with Gasteiger partial charge in [-0.25, -0.2) is 4.98 Å². The molecule has 1 N–H and O–H groups in total. The number of rotatable bonds is 6. The summed E-state index contributed by atoms with van der Waals surface area (Å²) < 4.78 is 2.08. The number of hydrogen-bond donors (Lipinski definition) is 1. The first-order valence-corrected chi connectivity index (χ1v) is 9.40. The molecule has 1 aliphatic heterocycles. The van der Waals surface area contributed by atoms with Crippen molar-refractivity contribution in [2.24, 2.45) is 0 Å². The van der Waals surface area contributed by atoms with Gasteiger partial charge >= 0.3 is 0 Å². The Kier molecular flexibility index (Phi) is 5.63. The summed E-state index contributed by atoms with van der Waals surface area (Å²) in [6, 6.07) is 2.13. The minimum absolute atomic E-state index is 0.179. The van der Waals surface area contributed by atoms with Gasteiger partial charge in [0, 0.05) is 50.8 Å². The molecule has 3 heterocycles. The van der Waals surface area contributed by atoms with Crippen molar-refractivity contribution in [3.05, 3.63) is 33.5 Å². The van der Waals surface area contributed by atoms with Gasteiger partial charge in [0.15, 0.2) is 0 Å². The third-order valence-corrected chi connectivity index (χ3v) is 5.48. The Hall–Kier alpha value is -1.73. The van der Waals surface area contributed by atoms with Crippen LogP contribution in [-0.2, 0) is 30.7 Å². The molecule has 0 aromatic carbocycles. The highest BCUT2D eigenvalue weighted by Crippen LogP contribution is 2.14. The van der Waals surface area contributed by atoms with Gasteiger partial charge in [0.1, 0.15) is 0 Å². The van der Waals surface area contributed by atoms with E-state index in [0.29, 0.717) is 12.8 Å². The van der Waals surface area contributed by atoms with Gasteiger partial charge in [-0.05, 0) is 26.0 Å². The van der Waals surface area contributed by atoms with Gasteiger partial charge in [-0.1, -0.05) is 0 Å². The van der Waals surface area contributed by atoms with Crippen LogP contribution in [0.1, 0.15) is 34.8 Å². The van der Waals surface area contributed by atoms with Gasteiger partial charge < -0.3 is 10.2 Å². The van der Waals surface area contributed by atoms with E-state index >= 15 is 0 Å². The maximum Gasteiger partial charge on any atom is 0.222 e. The SMILES string of the molecule is Cc1ncsc1CCN(C)C(=O)CCc1cc2n(n1)CCCNC2. The van der Waals surface area contributed by atoms with E-state index in [1.165, 1.54) is 10.6 Å². The summed E-state index contributed by atoms with van der Waals surface area (Å²) in [5.41, 5.74) is 5.19. The Morgan fingerprint density at radius 3 is 3.12 bits per heavy atom. The van der Waals surface area contributed by atoms with Crippen molar-refractivity contribution < 1.29 is 4.79 Å². The number of nitrogens with one attached hydrogen (secondary N) is 1. The summed E-state index contributed by atoms with van der Waals surface area (Å²) in [6.45, 7) is 5.64. The molecular weight excluding hydrogens is 322 g/mol. The Bertz CT molecular complexity index is 669. The van der Waals surface area contributed by atoms with E-state index in [9.17, 15) is 4.79 Å². The van der Waals surface area contributed by atoms with Crippen LogP contribution in [0.3, 0.4) is 0 Å². The molecule has 0 radical (unpaired) electrons. The number of nitrogens with zero attached hydrogens (tertiary/aromatic N) is 4. The fourth-order valence-corrected chi connectivity index (χ4v) is 3.70. The van der Waals surface area contributed by atoms with Crippen LogP contribution >= 0.6 is 11.3 Å². The summed E-state index contributed by atoms with van der Waals surface area (Å²) in [6.07, 6.45) is 3.21. The highest BCUT2D eigenvalue weighted by Gasteiger charge is 2.14. The summed E-state index contributed by atoms with van der Waals surface area (Å²) >= 11 is 1.66. The number of amides is 1. The standard InChI is InChI=1S/C17H25N5OS/c1-13-16(24-12-19-13)6-9-21(2)17(23)5-4-14-10-15-11-18-7-3-8-22(15)20-14/h10,12,18H,3-9,11H2,1-2H3. The van der Waals surface area contributed by atoms with Gasteiger partial charge in [-0.2, -0.15) is 5.10 Å². The zero-order chi connectivity index (χ0) is 16.9. The smallest absolute Gasteiger partial charge is 0.222 e. The quantitative estimate of drug-likeness (QED) is 0.865. The molecular formula is C17H25N5OS. The number of aromatic nitrogens is 3. The van der Waals surface area contributed by atoms with Crippen LogP contribution in [0.15, 0.2) is 11.6 Å². The minimum atomic E-state index is 0.179. The normalized spacial score (nSPS) is 14.2. The van der Waals surface area contributed by atoms with Gasteiger partial charge in [0.05, 0.1) is 22.6 Å². The summed E-state index contributed by atoms with van der Waals surface area (Å²) in [5.74, 6) is 0.179. The van der Waals surface area contributed by atoms with Crippen molar-refractivity contribution in [2.75, 3.05) is 20.1 Å². The topological polar surface area (TPSA) is 63.1 Å². The number of carbonyl (C=O) groups is 1.